The van der Waals surface area contributed by atoms with E-state index in [0.717, 1.165) is 42.6 Å². The summed E-state index contributed by atoms with van der Waals surface area (Å²) in [4.78, 5) is 6.75. The Bertz CT molecular complexity index is 711. The fraction of sp³-hybridized carbons (Fsp3) is 0.444. The van der Waals surface area contributed by atoms with Crippen molar-refractivity contribution in [2.45, 2.75) is 26.0 Å². The van der Waals surface area contributed by atoms with Gasteiger partial charge in [0.05, 0.1) is 31.1 Å². The molecule has 2 aromatic rings. The molecule has 7 nitrogen and oxygen atoms in total. The monoisotopic (exact) mass is 343 g/mol. The van der Waals surface area contributed by atoms with E-state index in [1.54, 1.807) is 7.11 Å². The normalized spacial score (nSPS) is 17.8. The molecule has 0 spiro atoms. The van der Waals surface area contributed by atoms with E-state index in [4.69, 9.17) is 4.74 Å². The number of likely N-dealkylation sites (tertiary alicyclic amines) is 1. The number of hydrogen-bond acceptors (Lipinski definition) is 4. The molecule has 1 aromatic heterocycles. The van der Waals surface area contributed by atoms with Crippen molar-refractivity contribution in [3.05, 3.63) is 42.2 Å². The van der Waals surface area contributed by atoms with Crippen molar-refractivity contribution in [2.24, 2.45) is 4.99 Å². The van der Waals surface area contributed by atoms with Crippen LogP contribution in [0.2, 0.25) is 0 Å². The minimum atomic E-state index is -0.266. The van der Waals surface area contributed by atoms with Gasteiger partial charge in [0.25, 0.3) is 0 Å². The number of methoxy groups -OCH3 is 1. The highest BCUT2D eigenvalue weighted by atomic mass is 16.5. The Morgan fingerprint density at radius 2 is 2.16 bits per heavy atom. The van der Waals surface area contributed by atoms with Crippen LogP contribution in [0.1, 0.15) is 19.0 Å². The number of β-amino-alcohol motifs (C(OH)–C–C–N with tert-alkyl or cyclic N) is 1. The number of rotatable bonds is 5. The van der Waals surface area contributed by atoms with E-state index in [0.29, 0.717) is 13.1 Å². The molecule has 1 atom stereocenters. The smallest absolute Gasteiger partial charge is 0.194 e. The molecule has 0 bridgehead atoms. The fourth-order valence-electron chi connectivity index (χ4n) is 2.84. The molecule has 25 heavy (non-hydrogen) atoms. The highest BCUT2D eigenvalue weighted by Crippen LogP contribution is 2.15. The highest BCUT2D eigenvalue weighted by molar-refractivity contribution is 5.80. The van der Waals surface area contributed by atoms with Gasteiger partial charge in [0.2, 0.25) is 0 Å². The molecular weight excluding hydrogens is 318 g/mol. The summed E-state index contributed by atoms with van der Waals surface area (Å²) in [6, 6.07) is 9.73. The summed E-state index contributed by atoms with van der Waals surface area (Å²) in [7, 11) is 1.65. The van der Waals surface area contributed by atoms with Crippen LogP contribution in [-0.4, -0.2) is 58.6 Å². The molecule has 1 aliphatic rings. The van der Waals surface area contributed by atoms with Crippen molar-refractivity contribution in [1.29, 1.82) is 0 Å². The van der Waals surface area contributed by atoms with Crippen LogP contribution in [0.4, 0.5) is 0 Å². The molecule has 0 amide bonds. The zero-order chi connectivity index (χ0) is 17.6. The molecule has 0 unspecified atom stereocenters. The number of aliphatic hydroxyl groups is 1. The van der Waals surface area contributed by atoms with Gasteiger partial charge >= 0.3 is 0 Å². The van der Waals surface area contributed by atoms with Gasteiger partial charge in [0, 0.05) is 25.8 Å². The van der Waals surface area contributed by atoms with Crippen LogP contribution in [-0.2, 0) is 6.54 Å². The van der Waals surface area contributed by atoms with Crippen molar-refractivity contribution in [2.75, 3.05) is 26.7 Å². The SMILES string of the molecule is CCNC(=NCc1ccn(-c2ccc(OC)cc2)n1)N1CC[C@@H](O)C1. The quantitative estimate of drug-likeness (QED) is 0.634. The summed E-state index contributed by atoms with van der Waals surface area (Å²) < 4.78 is 7.01. The molecule has 1 aromatic carbocycles. The standard InChI is InChI=1S/C18H25N5O2/c1-3-19-18(22-10-9-16(24)13-22)20-12-14-8-11-23(21-14)15-4-6-17(25-2)7-5-15/h4-8,11,16,24H,3,9-10,12-13H2,1-2H3,(H,19,20)/t16-/m1/s1. The van der Waals surface area contributed by atoms with Gasteiger partial charge in [0.15, 0.2) is 5.96 Å². The molecule has 2 heterocycles. The molecule has 1 aliphatic heterocycles. The molecule has 3 rings (SSSR count). The first-order chi connectivity index (χ1) is 12.2. The number of benzene rings is 1. The number of nitrogens with one attached hydrogen (secondary N) is 1. The van der Waals surface area contributed by atoms with E-state index in [1.165, 1.54) is 0 Å². The molecule has 0 radical (unpaired) electrons. The van der Waals surface area contributed by atoms with Gasteiger partial charge in [-0.3, -0.25) is 0 Å². The Labute approximate surface area is 147 Å². The van der Waals surface area contributed by atoms with Crippen LogP contribution in [0.3, 0.4) is 0 Å². The minimum Gasteiger partial charge on any atom is -0.497 e. The summed E-state index contributed by atoms with van der Waals surface area (Å²) in [5.41, 5.74) is 1.87. The second-order valence-corrected chi connectivity index (χ2v) is 6.01. The number of hydrogen-bond donors (Lipinski definition) is 2. The Balaban J connectivity index is 1.68. The van der Waals surface area contributed by atoms with E-state index in [9.17, 15) is 5.11 Å². The van der Waals surface area contributed by atoms with E-state index in [2.05, 4.69) is 20.3 Å². The Morgan fingerprint density at radius 1 is 1.36 bits per heavy atom. The summed E-state index contributed by atoms with van der Waals surface area (Å²) >= 11 is 0. The summed E-state index contributed by atoms with van der Waals surface area (Å²) in [6.07, 6.45) is 2.45. The first-order valence-electron chi connectivity index (χ1n) is 8.60. The second kappa shape index (κ2) is 8.02. The van der Waals surface area contributed by atoms with Crippen molar-refractivity contribution < 1.29 is 9.84 Å². The topological polar surface area (TPSA) is 74.9 Å². The van der Waals surface area contributed by atoms with Crippen molar-refractivity contribution in [3.63, 3.8) is 0 Å². The maximum absolute atomic E-state index is 9.72. The van der Waals surface area contributed by atoms with Gasteiger partial charge < -0.3 is 20.1 Å². The van der Waals surface area contributed by atoms with Gasteiger partial charge in [-0.25, -0.2) is 9.67 Å². The third-order valence-electron chi connectivity index (χ3n) is 4.17. The predicted octanol–water partition coefficient (Wildman–Crippen LogP) is 1.41. The average molecular weight is 343 g/mol. The average Bonchev–Trinajstić information content (AvgIpc) is 3.28. The third-order valence-corrected chi connectivity index (χ3v) is 4.17. The van der Waals surface area contributed by atoms with Gasteiger partial charge in [-0.2, -0.15) is 5.10 Å². The minimum absolute atomic E-state index is 0.266. The van der Waals surface area contributed by atoms with Crippen LogP contribution < -0.4 is 10.1 Å². The lowest BCUT2D eigenvalue weighted by Gasteiger charge is -2.20. The number of aromatic nitrogens is 2. The lowest BCUT2D eigenvalue weighted by atomic mass is 10.3. The van der Waals surface area contributed by atoms with Crippen LogP contribution in [0.15, 0.2) is 41.5 Å². The first kappa shape index (κ1) is 17.3. The van der Waals surface area contributed by atoms with Crippen LogP contribution in [0.25, 0.3) is 5.69 Å². The molecule has 1 saturated heterocycles. The molecular formula is C18H25N5O2. The Hall–Kier alpha value is -2.54. The molecule has 0 saturated carbocycles. The summed E-state index contributed by atoms with van der Waals surface area (Å²) in [5, 5.41) is 17.6. The predicted molar refractivity (Wildman–Crippen MR) is 97.1 cm³/mol. The van der Waals surface area contributed by atoms with E-state index in [1.807, 2.05) is 48.1 Å². The molecule has 1 fully saturated rings. The van der Waals surface area contributed by atoms with E-state index >= 15 is 0 Å². The molecule has 134 valence electrons. The lowest BCUT2D eigenvalue weighted by Crippen LogP contribution is -2.40. The highest BCUT2D eigenvalue weighted by Gasteiger charge is 2.22. The van der Waals surface area contributed by atoms with Crippen molar-refractivity contribution in [1.82, 2.24) is 20.0 Å². The zero-order valence-electron chi connectivity index (χ0n) is 14.7. The van der Waals surface area contributed by atoms with Crippen molar-refractivity contribution >= 4 is 5.96 Å². The lowest BCUT2D eigenvalue weighted by molar-refractivity contribution is 0.188. The zero-order valence-corrected chi connectivity index (χ0v) is 14.7. The Kier molecular flexibility index (Phi) is 5.55. The molecule has 0 aliphatic carbocycles. The number of ether oxygens (including phenoxy) is 1. The maximum atomic E-state index is 9.72. The summed E-state index contributed by atoms with van der Waals surface area (Å²) in [5.74, 6) is 1.65. The molecule has 2 N–H and O–H groups in total. The largest absolute Gasteiger partial charge is 0.497 e. The van der Waals surface area contributed by atoms with Crippen LogP contribution in [0.5, 0.6) is 5.75 Å². The number of aliphatic imine (C=N–C) groups is 1. The van der Waals surface area contributed by atoms with E-state index in [-0.39, 0.29) is 6.10 Å². The van der Waals surface area contributed by atoms with E-state index < -0.39 is 0 Å². The van der Waals surface area contributed by atoms with Gasteiger partial charge in [-0.15, -0.1) is 0 Å². The first-order valence-corrected chi connectivity index (χ1v) is 8.60. The second-order valence-electron chi connectivity index (χ2n) is 6.01. The fourth-order valence-corrected chi connectivity index (χ4v) is 2.84. The summed E-state index contributed by atoms with van der Waals surface area (Å²) in [6.45, 7) is 4.80. The van der Waals surface area contributed by atoms with Gasteiger partial charge in [0.1, 0.15) is 5.75 Å². The number of guanidine groups is 1. The third kappa shape index (κ3) is 4.30. The van der Waals surface area contributed by atoms with Gasteiger partial charge in [-0.05, 0) is 43.7 Å². The number of nitrogens with zero attached hydrogens (tertiary/aromatic N) is 4. The van der Waals surface area contributed by atoms with Crippen LogP contribution >= 0.6 is 0 Å². The number of aliphatic hydroxyl groups excluding tert-OH is 1. The van der Waals surface area contributed by atoms with Gasteiger partial charge in [-0.1, -0.05) is 0 Å². The maximum Gasteiger partial charge on any atom is 0.194 e. The van der Waals surface area contributed by atoms with Crippen LogP contribution in [0, 0.1) is 0 Å². The Morgan fingerprint density at radius 3 is 2.80 bits per heavy atom. The van der Waals surface area contributed by atoms with Crippen molar-refractivity contribution in [3.8, 4) is 11.4 Å². The molecule has 7 heteroatoms.